The largest absolute Gasteiger partial charge is 0.324 e. The van der Waals surface area contributed by atoms with Crippen molar-refractivity contribution < 1.29 is 4.79 Å². The second-order valence-corrected chi connectivity index (χ2v) is 4.67. The Kier molecular flexibility index (Phi) is 3.33. The van der Waals surface area contributed by atoms with E-state index in [1.165, 1.54) is 0 Å². The number of hydrogen-bond donors (Lipinski definition) is 1. The minimum atomic E-state index is 0.129. The molecule has 0 unspecified atom stereocenters. The first-order valence-electron chi connectivity index (χ1n) is 6.76. The summed E-state index contributed by atoms with van der Waals surface area (Å²) >= 11 is 0. The van der Waals surface area contributed by atoms with Crippen LogP contribution < -0.4 is 10.2 Å². The van der Waals surface area contributed by atoms with Crippen LogP contribution in [0.3, 0.4) is 0 Å². The summed E-state index contributed by atoms with van der Waals surface area (Å²) in [4.78, 5) is 22.4. The molecule has 20 heavy (non-hydrogen) atoms. The molecule has 1 aromatic heterocycles. The van der Waals surface area contributed by atoms with Crippen molar-refractivity contribution in [2.45, 2.75) is 19.8 Å². The Morgan fingerprint density at radius 3 is 2.80 bits per heavy atom. The van der Waals surface area contributed by atoms with E-state index in [9.17, 15) is 4.79 Å². The van der Waals surface area contributed by atoms with Crippen molar-refractivity contribution in [3.05, 3.63) is 42.1 Å². The highest BCUT2D eigenvalue weighted by atomic mass is 16.2. The molecule has 0 saturated heterocycles. The molecule has 0 atom stereocenters. The summed E-state index contributed by atoms with van der Waals surface area (Å²) in [5, 5.41) is 3.15. The fraction of sp³-hybridized carbons (Fsp3) is 0.267. The molecule has 0 aliphatic carbocycles. The second kappa shape index (κ2) is 5.28. The average molecular weight is 268 g/mol. The fourth-order valence-corrected chi connectivity index (χ4v) is 2.34. The number of para-hydroxylation sites is 1. The normalized spacial score (nSPS) is 14.1. The van der Waals surface area contributed by atoms with Gasteiger partial charge in [-0.1, -0.05) is 18.2 Å². The predicted octanol–water partition coefficient (Wildman–Crippen LogP) is 2.52. The van der Waals surface area contributed by atoms with Crippen LogP contribution in [0.5, 0.6) is 0 Å². The molecule has 0 bridgehead atoms. The van der Waals surface area contributed by atoms with Gasteiger partial charge in [0.25, 0.3) is 0 Å². The molecule has 1 aliphatic heterocycles. The van der Waals surface area contributed by atoms with Gasteiger partial charge in [0, 0.05) is 30.4 Å². The van der Waals surface area contributed by atoms with Crippen molar-refractivity contribution in [3.8, 4) is 0 Å². The number of hydrogen-bond acceptors (Lipinski definition) is 4. The third-order valence-corrected chi connectivity index (χ3v) is 3.35. The Morgan fingerprint density at radius 1 is 1.25 bits per heavy atom. The molecule has 3 rings (SSSR count). The zero-order chi connectivity index (χ0) is 13.9. The molecule has 0 radical (unpaired) electrons. The molecule has 1 N–H and O–H groups in total. The van der Waals surface area contributed by atoms with Gasteiger partial charge in [-0.15, -0.1) is 0 Å². The number of anilines is 3. The van der Waals surface area contributed by atoms with Crippen LogP contribution in [0.1, 0.15) is 18.9 Å². The van der Waals surface area contributed by atoms with E-state index in [1.807, 2.05) is 43.5 Å². The molecule has 1 amide bonds. The van der Waals surface area contributed by atoms with Crippen molar-refractivity contribution in [2.24, 2.45) is 0 Å². The number of benzene rings is 1. The van der Waals surface area contributed by atoms with Crippen molar-refractivity contribution in [3.63, 3.8) is 0 Å². The van der Waals surface area contributed by atoms with Crippen LogP contribution in [0.2, 0.25) is 0 Å². The minimum absolute atomic E-state index is 0.129. The number of amides is 1. The lowest BCUT2D eigenvalue weighted by molar-refractivity contribution is -0.118. The Hall–Kier alpha value is -2.43. The lowest BCUT2D eigenvalue weighted by Crippen LogP contribution is -2.35. The van der Waals surface area contributed by atoms with Gasteiger partial charge >= 0.3 is 0 Å². The van der Waals surface area contributed by atoms with Crippen LogP contribution in [0, 0.1) is 0 Å². The summed E-state index contributed by atoms with van der Waals surface area (Å²) in [5.74, 6) is 1.38. The fourth-order valence-electron chi connectivity index (χ4n) is 2.34. The van der Waals surface area contributed by atoms with Gasteiger partial charge in [-0.05, 0) is 25.5 Å². The van der Waals surface area contributed by atoms with Gasteiger partial charge in [0.15, 0.2) is 0 Å². The standard InChI is InChI=1S/C15H16N4O/c1-2-19-13(20)9-8-11-10-16-15(18-14(11)19)17-12-6-4-3-5-7-12/h3-7,10H,2,8-9H2,1H3,(H,16,17,18). The third kappa shape index (κ3) is 2.34. The predicted molar refractivity (Wildman–Crippen MR) is 78.1 cm³/mol. The number of nitrogens with zero attached hydrogens (tertiary/aromatic N) is 3. The molecule has 102 valence electrons. The number of fused-ring (bicyclic) bond motifs is 1. The smallest absolute Gasteiger partial charge is 0.229 e. The number of carbonyl (C=O) groups is 1. The maximum Gasteiger partial charge on any atom is 0.229 e. The van der Waals surface area contributed by atoms with Gasteiger partial charge in [0.1, 0.15) is 5.82 Å². The van der Waals surface area contributed by atoms with E-state index in [0.717, 1.165) is 23.5 Å². The lowest BCUT2D eigenvalue weighted by Gasteiger charge is -2.27. The molecule has 1 aliphatic rings. The highest BCUT2D eigenvalue weighted by Gasteiger charge is 2.24. The first-order valence-corrected chi connectivity index (χ1v) is 6.76. The number of nitrogens with one attached hydrogen (secondary N) is 1. The number of carbonyl (C=O) groups excluding carboxylic acids is 1. The molecule has 2 heterocycles. The van der Waals surface area contributed by atoms with Crippen molar-refractivity contribution in [1.82, 2.24) is 9.97 Å². The lowest BCUT2D eigenvalue weighted by atomic mass is 10.1. The van der Waals surface area contributed by atoms with Gasteiger partial charge in [-0.3, -0.25) is 9.69 Å². The summed E-state index contributed by atoms with van der Waals surface area (Å²) in [7, 11) is 0. The Labute approximate surface area is 117 Å². The van der Waals surface area contributed by atoms with Gasteiger partial charge in [-0.25, -0.2) is 4.98 Å². The van der Waals surface area contributed by atoms with Gasteiger partial charge < -0.3 is 5.32 Å². The van der Waals surface area contributed by atoms with E-state index in [0.29, 0.717) is 18.9 Å². The van der Waals surface area contributed by atoms with E-state index < -0.39 is 0 Å². The number of rotatable bonds is 3. The topological polar surface area (TPSA) is 58.1 Å². The minimum Gasteiger partial charge on any atom is -0.324 e. The van der Waals surface area contributed by atoms with Crippen LogP contribution >= 0.6 is 0 Å². The highest BCUT2D eigenvalue weighted by Crippen LogP contribution is 2.26. The van der Waals surface area contributed by atoms with Gasteiger partial charge in [0.05, 0.1) is 0 Å². The molecular weight excluding hydrogens is 252 g/mol. The summed E-state index contributed by atoms with van der Waals surface area (Å²) in [6, 6.07) is 9.75. The van der Waals surface area contributed by atoms with E-state index in [2.05, 4.69) is 15.3 Å². The van der Waals surface area contributed by atoms with Crippen LogP contribution in [-0.2, 0) is 11.2 Å². The third-order valence-electron chi connectivity index (χ3n) is 3.35. The average Bonchev–Trinajstić information content (AvgIpc) is 2.48. The number of aryl methyl sites for hydroxylation is 1. The van der Waals surface area contributed by atoms with Crippen molar-refractivity contribution in [2.75, 3.05) is 16.8 Å². The van der Waals surface area contributed by atoms with Crippen molar-refractivity contribution in [1.29, 1.82) is 0 Å². The van der Waals surface area contributed by atoms with Gasteiger partial charge in [-0.2, -0.15) is 4.98 Å². The summed E-state index contributed by atoms with van der Waals surface area (Å²) in [6.07, 6.45) is 3.06. The van der Waals surface area contributed by atoms with Crippen molar-refractivity contribution >= 4 is 23.4 Å². The zero-order valence-corrected chi connectivity index (χ0v) is 11.3. The molecule has 1 aromatic carbocycles. The molecule has 5 heteroatoms. The highest BCUT2D eigenvalue weighted by molar-refractivity contribution is 5.95. The van der Waals surface area contributed by atoms with E-state index in [1.54, 1.807) is 4.90 Å². The molecule has 0 fully saturated rings. The SMILES string of the molecule is CCN1C(=O)CCc2cnc(Nc3ccccc3)nc21. The molecule has 0 spiro atoms. The monoisotopic (exact) mass is 268 g/mol. The summed E-state index contributed by atoms with van der Waals surface area (Å²) in [5.41, 5.74) is 1.96. The quantitative estimate of drug-likeness (QED) is 0.929. The molecule has 2 aromatic rings. The van der Waals surface area contributed by atoms with E-state index in [-0.39, 0.29) is 5.91 Å². The van der Waals surface area contributed by atoms with Gasteiger partial charge in [0.2, 0.25) is 11.9 Å². The van der Waals surface area contributed by atoms with E-state index in [4.69, 9.17) is 0 Å². The molecule has 0 saturated carbocycles. The molecular formula is C15H16N4O. The first-order chi connectivity index (χ1) is 9.78. The second-order valence-electron chi connectivity index (χ2n) is 4.67. The summed E-state index contributed by atoms with van der Waals surface area (Å²) in [6.45, 7) is 2.59. The Balaban J connectivity index is 1.92. The first kappa shape index (κ1) is 12.6. The molecule has 5 nitrogen and oxygen atoms in total. The summed E-state index contributed by atoms with van der Waals surface area (Å²) < 4.78 is 0. The Bertz CT molecular complexity index is 627. The zero-order valence-electron chi connectivity index (χ0n) is 11.3. The maximum absolute atomic E-state index is 11.9. The van der Waals surface area contributed by atoms with E-state index >= 15 is 0 Å². The van der Waals surface area contributed by atoms with Crippen LogP contribution in [-0.4, -0.2) is 22.4 Å². The Morgan fingerprint density at radius 2 is 2.05 bits per heavy atom. The van der Waals surface area contributed by atoms with Crippen LogP contribution in [0.15, 0.2) is 36.5 Å². The van der Waals surface area contributed by atoms with Crippen LogP contribution in [0.25, 0.3) is 0 Å². The maximum atomic E-state index is 11.9. The number of aromatic nitrogens is 2. The van der Waals surface area contributed by atoms with Crippen LogP contribution in [0.4, 0.5) is 17.5 Å².